The van der Waals surface area contributed by atoms with Crippen molar-refractivity contribution in [3.8, 4) is 0 Å². The second-order valence-corrected chi connectivity index (χ2v) is 2.98. The van der Waals surface area contributed by atoms with E-state index in [0.717, 1.165) is 12.6 Å². The molecular formula is C9H6N4O4. The van der Waals surface area contributed by atoms with Crippen LogP contribution in [0.4, 0.5) is 11.5 Å². The smallest absolute Gasteiger partial charge is 0.294 e. The van der Waals surface area contributed by atoms with Gasteiger partial charge in [0.25, 0.3) is 11.6 Å². The molecule has 2 rings (SSSR count). The van der Waals surface area contributed by atoms with E-state index in [1.54, 1.807) is 0 Å². The van der Waals surface area contributed by atoms with Crippen molar-refractivity contribution < 1.29 is 14.1 Å². The zero-order valence-electron chi connectivity index (χ0n) is 8.36. The first-order valence-corrected chi connectivity index (χ1v) is 4.47. The van der Waals surface area contributed by atoms with Crippen LogP contribution in [0.2, 0.25) is 0 Å². The molecule has 0 saturated heterocycles. The highest BCUT2D eigenvalue weighted by Gasteiger charge is 2.11. The molecule has 0 bridgehead atoms. The lowest BCUT2D eigenvalue weighted by Crippen LogP contribution is -2.11. The fourth-order valence-electron chi connectivity index (χ4n) is 1.07. The fourth-order valence-corrected chi connectivity index (χ4v) is 1.07. The van der Waals surface area contributed by atoms with Gasteiger partial charge in [-0.05, 0) is 6.07 Å². The summed E-state index contributed by atoms with van der Waals surface area (Å²) in [7, 11) is 0. The highest BCUT2D eigenvalue weighted by atomic mass is 16.6. The first-order valence-electron chi connectivity index (χ1n) is 4.47. The van der Waals surface area contributed by atoms with Gasteiger partial charge in [-0.15, -0.1) is 0 Å². The van der Waals surface area contributed by atoms with Gasteiger partial charge in [-0.1, -0.05) is 0 Å². The lowest BCUT2D eigenvalue weighted by Gasteiger charge is -2.00. The van der Waals surface area contributed by atoms with E-state index in [0.29, 0.717) is 0 Å². The van der Waals surface area contributed by atoms with Crippen LogP contribution in [0.5, 0.6) is 0 Å². The highest BCUT2D eigenvalue weighted by Crippen LogP contribution is 2.12. The molecule has 0 aromatic carbocycles. The van der Waals surface area contributed by atoms with Crippen LogP contribution in [-0.4, -0.2) is 20.8 Å². The number of carbonyl (C=O) groups excluding carboxylic acids is 1. The maximum atomic E-state index is 11.5. The van der Waals surface area contributed by atoms with E-state index in [1.165, 1.54) is 18.3 Å². The summed E-state index contributed by atoms with van der Waals surface area (Å²) in [4.78, 5) is 28.6. The van der Waals surface area contributed by atoms with Crippen LogP contribution in [-0.2, 0) is 0 Å². The van der Waals surface area contributed by atoms with Crippen LogP contribution in [0.25, 0.3) is 0 Å². The van der Waals surface area contributed by atoms with Crippen LogP contribution < -0.4 is 5.32 Å². The Morgan fingerprint density at radius 1 is 1.41 bits per heavy atom. The molecule has 2 heterocycles. The Balaban J connectivity index is 2.09. The van der Waals surface area contributed by atoms with Gasteiger partial charge in [-0.3, -0.25) is 14.9 Å². The molecule has 1 amide bonds. The van der Waals surface area contributed by atoms with Gasteiger partial charge >= 0.3 is 0 Å². The van der Waals surface area contributed by atoms with Crippen LogP contribution in [0.1, 0.15) is 10.6 Å². The summed E-state index contributed by atoms with van der Waals surface area (Å²) in [6.45, 7) is 0. The Morgan fingerprint density at radius 3 is 2.76 bits per heavy atom. The molecule has 0 saturated carbocycles. The predicted octanol–water partition coefficient (Wildman–Crippen LogP) is 1.23. The minimum Gasteiger partial charge on any atom is -0.438 e. The van der Waals surface area contributed by atoms with Crippen LogP contribution in [0.3, 0.4) is 0 Å². The van der Waals surface area contributed by atoms with Gasteiger partial charge in [-0.2, -0.15) is 0 Å². The topological polar surface area (TPSA) is 111 Å². The molecule has 8 nitrogen and oxygen atoms in total. The quantitative estimate of drug-likeness (QED) is 0.631. The van der Waals surface area contributed by atoms with Gasteiger partial charge < -0.3 is 9.73 Å². The van der Waals surface area contributed by atoms with Crippen molar-refractivity contribution in [1.82, 2.24) is 9.97 Å². The van der Waals surface area contributed by atoms with Crippen molar-refractivity contribution in [2.45, 2.75) is 0 Å². The van der Waals surface area contributed by atoms with E-state index in [9.17, 15) is 14.9 Å². The van der Waals surface area contributed by atoms with Crippen molar-refractivity contribution in [2.75, 3.05) is 5.32 Å². The van der Waals surface area contributed by atoms with Gasteiger partial charge in [0.05, 0.1) is 11.1 Å². The number of carbonyl (C=O) groups is 1. The number of aromatic nitrogens is 2. The number of rotatable bonds is 3. The normalized spacial score (nSPS) is 9.88. The maximum Gasteiger partial charge on any atom is 0.294 e. The molecule has 0 aliphatic heterocycles. The third-order valence-corrected chi connectivity index (χ3v) is 1.86. The summed E-state index contributed by atoms with van der Waals surface area (Å²) in [6, 6.07) is 2.56. The van der Waals surface area contributed by atoms with E-state index in [-0.39, 0.29) is 17.3 Å². The molecule has 2 aromatic heterocycles. The Labute approximate surface area is 94.5 Å². The third kappa shape index (κ3) is 2.43. The van der Waals surface area contributed by atoms with E-state index in [4.69, 9.17) is 4.42 Å². The second kappa shape index (κ2) is 4.39. The van der Waals surface area contributed by atoms with Gasteiger partial charge in [-0.25, -0.2) is 9.97 Å². The predicted molar refractivity (Wildman–Crippen MR) is 55.3 cm³/mol. The van der Waals surface area contributed by atoms with E-state index in [2.05, 4.69) is 15.3 Å². The maximum absolute atomic E-state index is 11.5. The number of oxazole rings is 1. The highest BCUT2D eigenvalue weighted by molar-refractivity contribution is 6.01. The van der Waals surface area contributed by atoms with Crippen molar-refractivity contribution >= 4 is 17.4 Å². The molecule has 0 fully saturated rings. The fraction of sp³-hybridized carbons (Fsp3) is 0. The van der Waals surface area contributed by atoms with Gasteiger partial charge in [0.2, 0.25) is 5.76 Å². The van der Waals surface area contributed by atoms with Crippen molar-refractivity contribution in [2.24, 2.45) is 0 Å². The molecule has 0 atom stereocenters. The Kier molecular flexibility index (Phi) is 2.77. The summed E-state index contributed by atoms with van der Waals surface area (Å²) in [5, 5.41) is 12.8. The van der Waals surface area contributed by atoms with Crippen molar-refractivity contribution in [3.05, 3.63) is 46.8 Å². The molecule has 8 heteroatoms. The first-order chi connectivity index (χ1) is 8.16. The molecular weight excluding hydrogens is 228 g/mol. The summed E-state index contributed by atoms with van der Waals surface area (Å²) in [5.41, 5.74) is -0.150. The molecule has 17 heavy (non-hydrogen) atoms. The number of nitrogens with one attached hydrogen (secondary N) is 1. The second-order valence-electron chi connectivity index (χ2n) is 2.98. The van der Waals surface area contributed by atoms with Crippen molar-refractivity contribution in [3.63, 3.8) is 0 Å². The molecule has 0 radical (unpaired) electrons. The minimum atomic E-state index is -0.574. The van der Waals surface area contributed by atoms with Crippen molar-refractivity contribution in [1.29, 1.82) is 0 Å². The number of hydrogen-bond acceptors (Lipinski definition) is 6. The number of anilines is 1. The SMILES string of the molecule is O=C(Nc1ccc([N+](=O)[O-])cn1)c1cnco1. The van der Waals surface area contributed by atoms with Gasteiger partial charge in [0, 0.05) is 6.07 Å². The standard InChI is InChI=1S/C9H6N4O4/c14-9(7-4-10-5-17-7)12-8-2-1-6(3-11-8)13(15)16/h1-5H,(H,11,12,14). The minimum absolute atomic E-state index is 0.0325. The lowest BCUT2D eigenvalue weighted by molar-refractivity contribution is -0.385. The van der Waals surface area contributed by atoms with E-state index in [1.807, 2.05) is 0 Å². The zero-order valence-corrected chi connectivity index (χ0v) is 8.36. The summed E-state index contributed by atoms with van der Waals surface area (Å²) < 4.78 is 4.77. The van der Waals surface area contributed by atoms with E-state index < -0.39 is 10.8 Å². The number of hydrogen-bond donors (Lipinski definition) is 1. The molecule has 0 aliphatic rings. The molecule has 2 aromatic rings. The Hall–Kier alpha value is -2.77. The summed E-state index contributed by atoms with van der Waals surface area (Å²) in [5.74, 6) is -0.300. The summed E-state index contributed by atoms with van der Waals surface area (Å²) >= 11 is 0. The number of pyridine rings is 1. The lowest BCUT2D eigenvalue weighted by atomic mass is 10.4. The average Bonchev–Trinajstić information content (AvgIpc) is 2.83. The number of nitrogens with zero attached hydrogens (tertiary/aromatic N) is 3. The molecule has 86 valence electrons. The average molecular weight is 234 g/mol. The molecule has 0 unspecified atom stereocenters. The number of amides is 1. The van der Waals surface area contributed by atoms with Crippen LogP contribution in [0, 0.1) is 10.1 Å². The van der Waals surface area contributed by atoms with E-state index >= 15 is 0 Å². The monoisotopic (exact) mass is 234 g/mol. The largest absolute Gasteiger partial charge is 0.438 e. The molecule has 1 N–H and O–H groups in total. The Bertz CT molecular complexity index is 535. The molecule has 0 aliphatic carbocycles. The van der Waals surface area contributed by atoms with Gasteiger partial charge in [0.1, 0.15) is 12.0 Å². The van der Waals surface area contributed by atoms with Gasteiger partial charge in [0.15, 0.2) is 6.39 Å². The first kappa shape index (κ1) is 10.7. The van der Waals surface area contributed by atoms with Crippen LogP contribution >= 0.6 is 0 Å². The Morgan fingerprint density at radius 2 is 2.24 bits per heavy atom. The van der Waals surface area contributed by atoms with Crippen LogP contribution in [0.15, 0.2) is 35.3 Å². The summed E-state index contributed by atoms with van der Waals surface area (Å²) in [6.07, 6.45) is 3.43. The zero-order chi connectivity index (χ0) is 12.3. The third-order valence-electron chi connectivity index (χ3n) is 1.86. The molecule has 0 spiro atoms. The number of nitro groups is 1.